The first kappa shape index (κ1) is 48.2. The molecule has 4 nitrogen and oxygen atoms in total. The van der Waals surface area contributed by atoms with Crippen molar-refractivity contribution >= 4 is 85.5 Å². The number of hydrogen-bond donors (Lipinski definition) is 0. The van der Waals surface area contributed by atoms with Crippen LogP contribution in [0.15, 0.2) is 138 Å². The van der Waals surface area contributed by atoms with Gasteiger partial charge in [-0.3, -0.25) is 0 Å². The first-order valence-corrected chi connectivity index (χ1v) is 28.2. The molecule has 0 saturated carbocycles. The van der Waals surface area contributed by atoms with Crippen molar-refractivity contribution in [1.82, 2.24) is 0 Å². The van der Waals surface area contributed by atoms with Gasteiger partial charge >= 0.3 is 0 Å². The van der Waals surface area contributed by atoms with Crippen LogP contribution in [0.4, 0.5) is 51.2 Å². The van der Waals surface area contributed by atoms with Gasteiger partial charge in [0.1, 0.15) is 5.58 Å². The second-order valence-corrected chi connectivity index (χ2v) is 27.6. The molecule has 5 heteroatoms. The molecule has 3 heterocycles. The lowest BCUT2D eigenvalue weighted by Gasteiger charge is -2.47. The summed E-state index contributed by atoms with van der Waals surface area (Å²) in [7, 11) is 0. The molecule has 0 unspecified atom stereocenters. The minimum atomic E-state index is -0.182. The maximum atomic E-state index is 7.82. The van der Waals surface area contributed by atoms with Crippen LogP contribution in [0.2, 0.25) is 0 Å². The van der Waals surface area contributed by atoms with Gasteiger partial charge in [-0.05, 0) is 219 Å². The Bertz CT molecular complexity index is 3600. The lowest BCUT2D eigenvalue weighted by molar-refractivity contribution is 0.332. The molecular weight excluding hydrogens is 910 g/mol. The highest BCUT2D eigenvalue weighted by atomic mass is 16.3. The molecule has 8 aromatic rings. The molecule has 0 fully saturated rings. The van der Waals surface area contributed by atoms with Gasteiger partial charge in [0.15, 0.2) is 0 Å². The van der Waals surface area contributed by atoms with Crippen molar-refractivity contribution in [3.63, 3.8) is 0 Å². The standard InChI is InChI=1S/C70H76BN3O/c1-43-33-44(2)35-48(34-43)73-58-41-55-54(68(9,10)30-31-69(55,11)12)40-57(58)71-62-59(73)37-49(72(45-21-17-15-18-22-45)46-23-19-16-20-24-46)38-60(62)74(47-25-26-51-52(36-47)66(5,6)28-27-65(51,3)4)63-50-39-53-56(42-61(50)75-64(63)71)70(13,14)32-29-67(53,7)8/h15-26,33-42H,27-32H2,1-14H3. The molecular formula is C70H76BN3O. The average molecular weight is 986 g/mol. The molecule has 0 radical (unpaired) electrons. The molecule has 3 aliphatic carbocycles. The summed E-state index contributed by atoms with van der Waals surface area (Å²) in [6.45, 7) is 33.9. The Kier molecular flexibility index (Phi) is 10.3. The molecule has 380 valence electrons. The summed E-state index contributed by atoms with van der Waals surface area (Å²) in [5.41, 5.74) is 26.5. The summed E-state index contributed by atoms with van der Waals surface area (Å²) in [6.07, 6.45) is 6.88. The summed E-state index contributed by atoms with van der Waals surface area (Å²) in [5, 5.41) is 1.20. The molecule has 2 aliphatic heterocycles. The third-order valence-corrected chi connectivity index (χ3v) is 19.4. The molecule has 5 aliphatic rings. The monoisotopic (exact) mass is 986 g/mol. The van der Waals surface area contributed by atoms with E-state index in [1.54, 1.807) is 0 Å². The van der Waals surface area contributed by atoms with E-state index in [0.29, 0.717) is 0 Å². The van der Waals surface area contributed by atoms with E-state index < -0.39 is 0 Å². The van der Waals surface area contributed by atoms with Gasteiger partial charge in [-0.2, -0.15) is 0 Å². The zero-order valence-electron chi connectivity index (χ0n) is 47.3. The van der Waals surface area contributed by atoms with Crippen LogP contribution in [0.1, 0.15) is 166 Å². The van der Waals surface area contributed by atoms with E-state index in [1.807, 2.05) is 0 Å². The highest BCUT2D eigenvalue weighted by Crippen LogP contribution is 2.56. The predicted molar refractivity (Wildman–Crippen MR) is 320 cm³/mol. The highest BCUT2D eigenvalue weighted by molar-refractivity contribution is 7.00. The van der Waals surface area contributed by atoms with Gasteiger partial charge in [0.2, 0.25) is 0 Å². The van der Waals surface area contributed by atoms with E-state index >= 15 is 0 Å². The van der Waals surface area contributed by atoms with Crippen molar-refractivity contribution in [2.45, 2.75) is 168 Å². The second kappa shape index (κ2) is 16.0. The van der Waals surface area contributed by atoms with Crippen molar-refractivity contribution in [2.75, 3.05) is 14.7 Å². The Labute approximate surface area is 448 Å². The Morgan fingerprint density at radius 3 is 1.43 bits per heavy atom. The molecule has 13 rings (SSSR count). The molecule has 75 heavy (non-hydrogen) atoms. The fraction of sp³-hybridized carbons (Fsp3) is 0.371. The molecule has 0 saturated heterocycles. The zero-order valence-corrected chi connectivity index (χ0v) is 47.3. The van der Waals surface area contributed by atoms with E-state index in [-0.39, 0.29) is 39.2 Å². The first-order chi connectivity index (χ1) is 35.4. The predicted octanol–water partition coefficient (Wildman–Crippen LogP) is 17.6. The maximum absolute atomic E-state index is 7.82. The molecule has 0 atom stereocenters. The SMILES string of the molecule is Cc1cc(C)cc(N2c3cc4c(cc3B3c5oc6cc7c(cc6c5N(c5ccc6c(c5)C(C)(C)CCC6(C)C)c5cc(N(c6ccccc6)c6ccccc6)cc2c53)C(C)(C)CCC7(C)C)C(C)(C)CCC4(C)C)c1. The zero-order chi connectivity index (χ0) is 52.5. The maximum Gasteiger partial charge on any atom is 0.297 e. The minimum Gasteiger partial charge on any atom is -0.468 e. The summed E-state index contributed by atoms with van der Waals surface area (Å²) in [4.78, 5) is 7.78. The fourth-order valence-corrected chi connectivity index (χ4v) is 14.7. The van der Waals surface area contributed by atoms with Crippen LogP contribution in [0.5, 0.6) is 0 Å². The number of benzene rings is 7. The quantitative estimate of drug-likeness (QED) is 0.160. The number of furan rings is 1. The van der Waals surface area contributed by atoms with Crippen molar-refractivity contribution < 1.29 is 4.42 Å². The van der Waals surface area contributed by atoms with Crippen molar-refractivity contribution in [3.8, 4) is 0 Å². The number of fused-ring (bicyclic) bond motifs is 9. The number of anilines is 9. The fourth-order valence-electron chi connectivity index (χ4n) is 14.7. The Balaban J connectivity index is 1.22. The van der Waals surface area contributed by atoms with Gasteiger partial charge in [-0.1, -0.05) is 138 Å². The normalized spacial score (nSPS) is 19.6. The van der Waals surface area contributed by atoms with Crippen LogP contribution in [0.3, 0.4) is 0 Å². The first-order valence-electron chi connectivity index (χ1n) is 28.2. The molecule has 1 aromatic heterocycles. The van der Waals surface area contributed by atoms with E-state index in [1.165, 1.54) is 101 Å². The van der Waals surface area contributed by atoms with Gasteiger partial charge in [-0.15, -0.1) is 0 Å². The molecule has 0 bridgehead atoms. The van der Waals surface area contributed by atoms with Gasteiger partial charge in [0, 0.05) is 45.2 Å². The third-order valence-electron chi connectivity index (χ3n) is 19.4. The largest absolute Gasteiger partial charge is 0.468 e. The number of rotatable bonds is 5. The topological polar surface area (TPSA) is 22.9 Å². The van der Waals surface area contributed by atoms with Crippen LogP contribution < -0.4 is 31.3 Å². The smallest absolute Gasteiger partial charge is 0.297 e. The van der Waals surface area contributed by atoms with E-state index in [9.17, 15) is 0 Å². The van der Waals surface area contributed by atoms with Crippen molar-refractivity contribution in [1.29, 1.82) is 0 Å². The number of hydrogen-bond acceptors (Lipinski definition) is 4. The third kappa shape index (κ3) is 7.29. The lowest BCUT2D eigenvalue weighted by atomic mass is 9.35. The van der Waals surface area contributed by atoms with E-state index in [4.69, 9.17) is 4.42 Å². The molecule has 0 spiro atoms. The molecule has 0 amide bonds. The minimum absolute atomic E-state index is 0.000133. The average Bonchev–Trinajstić information content (AvgIpc) is 3.80. The van der Waals surface area contributed by atoms with Crippen LogP contribution in [-0.4, -0.2) is 6.71 Å². The highest BCUT2D eigenvalue weighted by Gasteiger charge is 2.51. The summed E-state index contributed by atoms with van der Waals surface area (Å²) < 4.78 is 7.82. The van der Waals surface area contributed by atoms with E-state index in [0.717, 1.165) is 60.4 Å². The van der Waals surface area contributed by atoms with E-state index in [2.05, 4.69) is 245 Å². The summed E-state index contributed by atoms with van der Waals surface area (Å²) in [6, 6.07) is 52.0. The van der Waals surface area contributed by atoms with Crippen molar-refractivity contribution in [2.24, 2.45) is 0 Å². The molecule has 7 aromatic carbocycles. The van der Waals surface area contributed by atoms with Gasteiger partial charge in [0.25, 0.3) is 6.71 Å². The van der Waals surface area contributed by atoms with Crippen LogP contribution >= 0.6 is 0 Å². The Morgan fingerprint density at radius 1 is 0.413 bits per heavy atom. The summed E-state index contributed by atoms with van der Waals surface area (Å²) >= 11 is 0. The number of nitrogens with zero attached hydrogens (tertiary/aromatic N) is 3. The number of aryl methyl sites for hydroxylation is 2. The number of para-hydroxylation sites is 2. The van der Waals surface area contributed by atoms with Crippen LogP contribution in [-0.2, 0) is 32.5 Å². The van der Waals surface area contributed by atoms with Crippen LogP contribution in [0, 0.1) is 13.8 Å². The van der Waals surface area contributed by atoms with Crippen molar-refractivity contribution in [3.05, 3.63) is 178 Å². The lowest BCUT2D eigenvalue weighted by Crippen LogP contribution is -2.61. The second-order valence-electron chi connectivity index (χ2n) is 27.6. The summed E-state index contributed by atoms with van der Waals surface area (Å²) in [5.74, 6) is 0. The Morgan fingerprint density at radius 2 is 0.880 bits per heavy atom. The molecule has 0 N–H and O–H groups in total. The Hall–Kier alpha value is -6.46. The van der Waals surface area contributed by atoms with Gasteiger partial charge < -0.3 is 19.1 Å². The van der Waals surface area contributed by atoms with Crippen LogP contribution in [0.25, 0.3) is 11.0 Å². The van der Waals surface area contributed by atoms with Gasteiger partial charge in [-0.25, -0.2) is 0 Å². The van der Waals surface area contributed by atoms with Gasteiger partial charge in [0.05, 0.1) is 17.0 Å².